The zero-order valence-corrected chi connectivity index (χ0v) is 7.97. The van der Waals surface area contributed by atoms with Crippen LogP contribution in [0.25, 0.3) is 0 Å². The van der Waals surface area contributed by atoms with Gasteiger partial charge in [0.2, 0.25) is 5.12 Å². The molecule has 0 spiro atoms. The number of hydrogen-bond donors (Lipinski definition) is 4. The second kappa shape index (κ2) is 3.80. The summed E-state index contributed by atoms with van der Waals surface area (Å²) in [5.74, 6) is -1.71. The van der Waals surface area contributed by atoms with Crippen LogP contribution >= 0.6 is 22.5 Å². The smallest absolute Gasteiger partial charge is 0.229 e. The first-order valence-electron chi connectivity index (χ1n) is 3.17. The number of carbonyl (C=O) groups is 1. The average molecular weight is 218 g/mol. The van der Waals surface area contributed by atoms with E-state index in [-0.39, 0.29) is 5.56 Å². The highest BCUT2D eigenvalue weighted by Crippen LogP contribution is 2.36. The van der Waals surface area contributed by atoms with Gasteiger partial charge in [-0.2, -0.15) is 0 Å². The largest absolute Gasteiger partial charge is 0.504 e. The molecule has 4 nitrogen and oxygen atoms in total. The summed E-state index contributed by atoms with van der Waals surface area (Å²) < 4.78 is 0. The summed E-state index contributed by atoms with van der Waals surface area (Å²) in [6.45, 7) is 0. The van der Waals surface area contributed by atoms with Crippen LogP contribution in [0.1, 0.15) is 10.4 Å². The predicted octanol–water partition coefficient (Wildman–Crippen LogP) is 1.52. The molecule has 1 aromatic carbocycles. The standard InChI is InChI=1S/C7H6O4S2/c8-4-1-3(7(11)13-12)2-5(9)6(4)10/h1-2,8-10,12H. The molecule has 3 N–H and O–H groups in total. The van der Waals surface area contributed by atoms with Gasteiger partial charge in [0, 0.05) is 5.56 Å². The summed E-state index contributed by atoms with van der Waals surface area (Å²) in [6.07, 6.45) is 0. The van der Waals surface area contributed by atoms with Crippen molar-refractivity contribution < 1.29 is 20.1 Å². The van der Waals surface area contributed by atoms with E-state index in [9.17, 15) is 4.79 Å². The normalized spacial score (nSPS) is 9.92. The fraction of sp³-hybridized carbons (Fsp3) is 0. The molecule has 0 unspecified atom stereocenters. The van der Waals surface area contributed by atoms with Crippen molar-refractivity contribution in [3.8, 4) is 17.2 Å². The highest BCUT2D eigenvalue weighted by atomic mass is 33.1. The lowest BCUT2D eigenvalue weighted by Crippen LogP contribution is -1.89. The van der Waals surface area contributed by atoms with Crippen LogP contribution in [0.15, 0.2) is 12.1 Å². The second-order valence-corrected chi connectivity index (χ2v) is 3.34. The molecule has 0 aliphatic rings. The lowest BCUT2D eigenvalue weighted by molar-refractivity contribution is 0.109. The second-order valence-electron chi connectivity index (χ2n) is 2.24. The molecular weight excluding hydrogens is 212 g/mol. The summed E-state index contributed by atoms with van der Waals surface area (Å²) in [4.78, 5) is 11.0. The van der Waals surface area contributed by atoms with E-state index >= 15 is 0 Å². The molecule has 1 rings (SSSR count). The van der Waals surface area contributed by atoms with Crippen molar-refractivity contribution in [3.63, 3.8) is 0 Å². The van der Waals surface area contributed by atoms with Crippen LogP contribution in [0.5, 0.6) is 17.2 Å². The van der Waals surface area contributed by atoms with Crippen molar-refractivity contribution >= 4 is 27.6 Å². The Morgan fingerprint density at radius 1 is 1.23 bits per heavy atom. The van der Waals surface area contributed by atoms with Crippen LogP contribution in [0.4, 0.5) is 0 Å². The number of rotatable bonds is 1. The molecule has 1 aromatic rings. The molecule has 0 saturated carbocycles. The molecule has 0 aliphatic heterocycles. The van der Waals surface area contributed by atoms with E-state index in [4.69, 9.17) is 15.3 Å². The van der Waals surface area contributed by atoms with Crippen molar-refractivity contribution in [3.05, 3.63) is 17.7 Å². The highest BCUT2D eigenvalue weighted by molar-refractivity contribution is 8.75. The maximum absolute atomic E-state index is 11.0. The van der Waals surface area contributed by atoms with Gasteiger partial charge >= 0.3 is 0 Å². The lowest BCUT2D eigenvalue weighted by atomic mass is 10.2. The first-order valence-corrected chi connectivity index (χ1v) is 5.04. The lowest BCUT2D eigenvalue weighted by Gasteiger charge is -2.02. The monoisotopic (exact) mass is 218 g/mol. The maximum atomic E-state index is 11.0. The summed E-state index contributed by atoms with van der Waals surface area (Å²) in [6, 6.07) is 2.11. The molecular formula is C7H6O4S2. The van der Waals surface area contributed by atoms with Crippen LogP contribution in [0.3, 0.4) is 0 Å². The predicted molar refractivity (Wildman–Crippen MR) is 52.3 cm³/mol. The highest BCUT2D eigenvalue weighted by Gasteiger charge is 2.12. The van der Waals surface area contributed by atoms with Gasteiger partial charge in [-0.25, -0.2) is 0 Å². The summed E-state index contributed by atoms with van der Waals surface area (Å²) in [5.41, 5.74) is 0.0767. The first kappa shape index (κ1) is 10.1. The minimum absolute atomic E-state index is 0.0767. The van der Waals surface area contributed by atoms with E-state index in [1.807, 2.05) is 0 Å². The summed E-state index contributed by atoms with van der Waals surface area (Å²) >= 11 is 3.66. The third kappa shape index (κ3) is 2.02. The van der Waals surface area contributed by atoms with E-state index in [0.717, 1.165) is 12.1 Å². The van der Waals surface area contributed by atoms with Gasteiger partial charge in [-0.05, 0) is 22.9 Å². The third-order valence-corrected chi connectivity index (χ3v) is 2.29. The molecule has 0 saturated heterocycles. The van der Waals surface area contributed by atoms with Crippen molar-refractivity contribution in [1.82, 2.24) is 0 Å². The number of phenolic OH excluding ortho intramolecular Hbond substituents is 3. The fourth-order valence-corrected chi connectivity index (χ4v) is 1.31. The zero-order valence-electron chi connectivity index (χ0n) is 6.26. The van der Waals surface area contributed by atoms with E-state index < -0.39 is 22.4 Å². The van der Waals surface area contributed by atoms with Gasteiger partial charge in [0.1, 0.15) is 0 Å². The Balaban J connectivity index is 3.20. The summed E-state index contributed by atoms with van der Waals surface area (Å²) in [5, 5.41) is 26.6. The Bertz CT molecular complexity index is 327. The fourth-order valence-electron chi connectivity index (χ4n) is 0.775. The molecule has 70 valence electrons. The Morgan fingerprint density at radius 3 is 2.08 bits per heavy atom. The Morgan fingerprint density at radius 2 is 1.69 bits per heavy atom. The number of thiol groups is 1. The average Bonchev–Trinajstić information content (AvgIpc) is 2.12. The van der Waals surface area contributed by atoms with Crippen molar-refractivity contribution in [1.29, 1.82) is 0 Å². The molecule has 13 heavy (non-hydrogen) atoms. The van der Waals surface area contributed by atoms with E-state index in [1.54, 1.807) is 0 Å². The topological polar surface area (TPSA) is 77.8 Å². The molecule has 0 heterocycles. The molecule has 0 atom stereocenters. The minimum atomic E-state index is -0.638. The molecule has 6 heteroatoms. The van der Waals surface area contributed by atoms with Gasteiger partial charge in [0.05, 0.1) is 0 Å². The van der Waals surface area contributed by atoms with Crippen LogP contribution in [-0.2, 0) is 0 Å². The Hall–Kier alpha value is -1.01. The minimum Gasteiger partial charge on any atom is -0.504 e. The molecule has 0 aliphatic carbocycles. The van der Waals surface area contributed by atoms with Gasteiger partial charge in [0.15, 0.2) is 17.2 Å². The Kier molecular flexibility index (Phi) is 2.94. The van der Waals surface area contributed by atoms with Gasteiger partial charge in [-0.15, -0.1) is 11.7 Å². The zero-order chi connectivity index (χ0) is 10.0. The Labute approximate surface area is 83.0 Å². The molecule has 0 fully saturated rings. The molecule has 0 amide bonds. The quantitative estimate of drug-likeness (QED) is 0.326. The van der Waals surface area contributed by atoms with E-state index in [1.165, 1.54) is 0 Å². The van der Waals surface area contributed by atoms with E-state index in [0.29, 0.717) is 10.8 Å². The number of benzene rings is 1. The van der Waals surface area contributed by atoms with Crippen LogP contribution in [0.2, 0.25) is 0 Å². The molecule has 0 radical (unpaired) electrons. The maximum Gasteiger partial charge on any atom is 0.229 e. The van der Waals surface area contributed by atoms with Gasteiger partial charge in [-0.3, -0.25) is 4.79 Å². The number of carbonyl (C=O) groups excluding carboxylic acids is 1. The van der Waals surface area contributed by atoms with Crippen LogP contribution in [0, 0.1) is 0 Å². The number of hydrogen-bond acceptors (Lipinski definition) is 6. The van der Waals surface area contributed by atoms with Crippen molar-refractivity contribution in [2.75, 3.05) is 0 Å². The van der Waals surface area contributed by atoms with Crippen molar-refractivity contribution in [2.45, 2.75) is 0 Å². The number of phenols is 3. The molecule has 0 aromatic heterocycles. The third-order valence-electron chi connectivity index (χ3n) is 1.39. The van der Waals surface area contributed by atoms with Crippen molar-refractivity contribution in [2.24, 2.45) is 0 Å². The van der Waals surface area contributed by atoms with Crippen LogP contribution < -0.4 is 0 Å². The SMILES string of the molecule is O=C(SS)c1cc(O)c(O)c(O)c1. The molecule has 0 bridgehead atoms. The van der Waals surface area contributed by atoms with Crippen LogP contribution in [-0.4, -0.2) is 20.4 Å². The summed E-state index contributed by atoms with van der Waals surface area (Å²) in [7, 11) is 0.653. The first-order chi connectivity index (χ1) is 6.06. The van der Waals surface area contributed by atoms with Gasteiger partial charge in [-0.1, -0.05) is 0 Å². The van der Waals surface area contributed by atoms with E-state index in [2.05, 4.69) is 11.7 Å². The number of aromatic hydroxyl groups is 3. The van der Waals surface area contributed by atoms with Gasteiger partial charge in [0.25, 0.3) is 0 Å². The van der Waals surface area contributed by atoms with Gasteiger partial charge < -0.3 is 15.3 Å².